The molecule has 16 heavy (non-hydrogen) atoms. The summed E-state index contributed by atoms with van der Waals surface area (Å²) in [6, 6.07) is -0.741. The Balaban J connectivity index is 3.15. The third-order valence-corrected chi connectivity index (χ3v) is 2.96. The molecule has 2 atom stereocenters. The quantitative estimate of drug-likeness (QED) is 0.709. The van der Waals surface area contributed by atoms with E-state index in [2.05, 4.69) is 10.9 Å². The minimum Gasteiger partial charge on any atom is -0.385 e. The van der Waals surface area contributed by atoms with Gasteiger partial charge in [0, 0.05) is 7.11 Å². The van der Waals surface area contributed by atoms with Gasteiger partial charge in [0.05, 0.1) is 12.6 Å². The van der Waals surface area contributed by atoms with E-state index in [0.717, 1.165) is 0 Å². The molecule has 0 saturated heterocycles. The van der Waals surface area contributed by atoms with Gasteiger partial charge in [0.15, 0.2) is 0 Å². The number of carbonyl (C=O) groups is 1. The van der Waals surface area contributed by atoms with Gasteiger partial charge in [-0.15, -0.1) is 6.42 Å². The van der Waals surface area contributed by atoms with Crippen molar-refractivity contribution in [2.24, 2.45) is 10.7 Å². The van der Waals surface area contributed by atoms with Crippen LogP contribution in [0.4, 0.5) is 4.79 Å². The van der Waals surface area contributed by atoms with Crippen molar-refractivity contribution in [1.82, 2.24) is 4.90 Å². The van der Waals surface area contributed by atoms with E-state index in [9.17, 15) is 4.79 Å². The number of hydrogen-bond acceptors (Lipinski definition) is 3. The lowest BCUT2D eigenvalue weighted by Crippen LogP contribution is -2.59. The average molecular weight is 223 g/mol. The molecule has 1 rings (SSSR count). The van der Waals surface area contributed by atoms with E-state index in [4.69, 9.17) is 16.9 Å². The number of amidine groups is 1. The summed E-state index contributed by atoms with van der Waals surface area (Å²) in [6.07, 6.45) is 5.97. The fraction of sp³-hybridized carbons (Fsp3) is 0.636. The summed E-state index contributed by atoms with van der Waals surface area (Å²) in [7, 11) is 1.56. The predicted molar refractivity (Wildman–Crippen MR) is 62.1 cm³/mol. The highest BCUT2D eigenvalue weighted by atomic mass is 16.5. The molecule has 0 aromatic carbocycles. The fourth-order valence-electron chi connectivity index (χ4n) is 2.01. The Morgan fingerprint density at radius 1 is 1.75 bits per heavy atom. The van der Waals surface area contributed by atoms with Crippen LogP contribution in [0.2, 0.25) is 0 Å². The molecule has 0 radical (unpaired) electrons. The fourth-order valence-corrected chi connectivity index (χ4v) is 2.01. The van der Waals surface area contributed by atoms with Crippen molar-refractivity contribution in [2.75, 3.05) is 13.7 Å². The minimum atomic E-state index is -0.697. The number of nitrogens with two attached hydrogens (primary N) is 1. The maximum atomic E-state index is 11.7. The third kappa shape index (κ3) is 1.65. The van der Waals surface area contributed by atoms with Crippen LogP contribution in [0.15, 0.2) is 4.99 Å². The van der Waals surface area contributed by atoms with Crippen LogP contribution in [-0.2, 0) is 4.74 Å². The first-order valence-corrected chi connectivity index (χ1v) is 5.16. The van der Waals surface area contributed by atoms with E-state index in [1.54, 1.807) is 14.0 Å². The van der Waals surface area contributed by atoms with Crippen LogP contribution in [0.25, 0.3) is 0 Å². The van der Waals surface area contributed by atoms with Gasteiger partial charge in [0.1, 0.15) is 11.4 Å². The first-order chi connectivity index (χ1) is 7.53. The first-order valence-electron chi connectivity index (χ1n) is 5.16. The van der Waals surface area contributed by atoms with Gasteiger partial charge < -0.3 is 10.5 Å². The first kappa shape index (κ1) is 12.5. The van der Waals surface area contributed by atoms with E-state index >= 15 is 0 Å². The number of methoxy groups -OCH3 is 1. The van der Waals surface area contributed by atoms with E-state index in [-0.39, 0.29) is 17.9 Å². The van der Waals surface area contributed by atoms with Crippen molar-refractivity contribution in [1.29, 1.82) is 0 Å². The highest BCUT2D eigenvalue weighted by molar-refractivity contribution is 6.06. The topological polar surface area (TPSA) is 67.9 Å². The largest absolute Gasteiger partial charge is 0.385 e. The smallest absolute Gasteiger partial charge is 0.347 e. The van der Waals surface area contributed by atoms with Crippen molar-refractivity contribution in [3.05, 3.63) is 0 Å². The zero-order valence-electron chi connectivity index (χ0n) is 9.86. The number of aliphatic imine (C=N–C) groups is 1. The molecule has 0 spiro atoms. The molecule has 0 saturated carbocycles. The summed E-state index contributed by atoms with van der Waals surface area (Å²) in [6.45, 7) is 4.00. The number of hydrogen-bond donors (Lipinski definition) is 1. The lowest BCUT2D eigenvalue weighted by molar-refractivity contribution is 0.0725. The molecule has 0 fully saturated rings. The Morgan fingerprint density at radius 2 is 2.38 bits per heavy atom. The Bertz CT molecular complexity index is 359. The molecule has 0 bridgehead atoms. The predicted octanol–water partition coefficient (Wildman–Crippen LogP) is 0.596. The van der Waals surface area contributed by atoms with Crippen LogP contribution < -0.4 is 5.73 Å². The lowest BCUT2D eigenvalue weighted by Gasteiger charge is -2.38. The Kier molecular flexibility index (Phi) is 3.55. The number of amides is 2. The Hall–Kier alpha value is -1.54. The van der Waals surface area contributed by atoms with Crippen molar-refractivity contribution in [2.45, 2.75) is 31.8 Å². The SMILES string of the molecule is C#CC(C)N1C(=O)N=C(N)C1(CC)COC. The van der Waals surface area contributed by atoms with Crippen molar-refractivity contribution < 1.29 is 9.53 Å². The van der Waals surface area contributed by atoms with E-state index in [1.165, 1.54) is 4.90 Å². The summed E-state index contributed by atoms with van der Waals surface area (Å²) in [5.74, 6) is 2.81. The second-order valence-electron chi connectivity index (χ2n) is 3.81. The maximum Gasteiger partial charge on any atom is 0.347 e. The van der Waals surface area contributed by atoms with Gasteiger partial charge in [0.25, 0.3) is 0 Å². The van der Waals surface area contributed by atoms with Gasteiger partial charge >= 0.3 is 6.03 Å². The van der Waals surface area contributed by atoms with E-state index in [0.29, 0.717) is 13.0 Å². The van der Waals surface area contributed by atoms with Crippen LogP contribution in [-0.4, -0.2) is 42.1 Å². The maximum absolute atomic E-state index is 11.7. The van der Waals surface area contributed by atoms with Gasteiger partial charge in [-0.05, 0) is 13.3 Å². The molecule has 5 heteroatoms. The van der Waals surface area contributed by atoms with Gasteiger partial charge in [0.2, 0.25) is 0 Å². The van der Waals surface area contributed by atoms with Crippen LogP contribution >= 0.6 is 0 Å². The zero-order chi connectivity index (χ0) is 12.3. The summed E-state index contributed by atoms with van der Waals surface area (Å²) < 4.78 is 5.14. The highest BCUT2D eigenvalue weighted by Gasteiger charge is 2.49. The molecule has 2 unspecified atom stereocenters. The standard InChI is InChI=1S/C11H17N3O2/c1-5-8(3)14-10(15)13-9(12)11(14,6-2)7-16-4/h1,8H,6-7H2,2-4H3,(H2,12,13,15). The molecule has 2 amide bonds. The molecule has 1 aliphatic heterocycles. The van der Waals surface area contributed by atoms with E-state index in [1.807, 2.05) is 6.92 Å². The van der Waals surface area contributed by atoms with Gasteiger partial charge in [-0.2, -0.15) is 4.99 Å². The molecule has 5 nitrogen and oxygen atoms in total. The summed E-state index contributed by atoms with van der Waals surface area (Å²) >= 11 is 0. The van der Waals surface area contributed by atoms with Crippen molar-refractivity contribution in [3.63, 3.8) is 0 Å². The zero-order valence-corrected chi connectivity index (χ0v) is 9.86. The summed E-state index contributed by atoms with van der Waals surface area (Å²) in [5.41, 5.74) is 5.13. The van der Waals surface area contributed by atoms with Gasteiger partial charge in [-0.3, -0.25) is 4.90 Å². The number of carbonyl (C=O) groups excluding carboxylic acids is 1. The number of rotatable bonds is 4. The monoisotopic (exact) mass is 223 g/mol. The number of ether oxygens (including phenoxy) is 1. The van der Waals surface area contributed by atoms with Crippen molar-refractivity contribution >= 4 is 11.9 Å². The van der Waals surface area contributed by atoms with E-state index < -0.39 is 5.54 Å². The molecule has 2 N–H and O–H groups in total. The number of terminal acetylenes is 1. The molecule has 0 aromatic heterocycles. The average Bonchev–Trinajstić information content (AvgIpc) is 2.50. The molecular weight excluding hydrogens is 206 g/mol. The lowest BCUT2D eigenvalue weighted by atomic mass is 9.93. The minimum absolute atomic E-state index is 0.281. The third-order valence-electron chi connectivity index (χ3n) is 2.96. The Labute approximate surface area is 95.7 Å². The van der Waals surface area contributed by atoms with Crippen LogP contribution in [0.5, 0.6) is 0 Å². The molecule has 0 aliphatic carbocycles. The number of urea groups is 1. The number of nitrogens with zero attached hydrogens (tertiary/aromatic N) is 2. The van der Waals surface area contributed by atoms with Crippen LogP contribution in [0, 0.1) is 12.3 Å². The molecule has 0 aromatic rings. The Morgan fingerprint density at radius 3 is 2.81 bits per heavy atom. The summed E-state index contributed by atoms with van der Waals surface area (Å²) in [5, 5.41) is 0. The summed E-state index contributed by atoms with van der Waals surface area (Å²) in [4.78, 5) is 17.0. The van der Waals surface area contributed by atoms with Crippen LogP contribution in [0.1, 0.15) is 20.3 Å². The molecular formula is C11H17N3O2. The van der Waals surface area contributed by atoms with Gasteiger partial charge in [-0.1, -0.05) is 12.8 Å². The molecule has 1 aliphatic rings. The second-order valence-corrected chi connectivity index (χ2v) is 3.81. The second kappa shape index (κ2) is 4.54. The highest BCUT2D eigenvalue weighted by Crippen LogP contribution is 2.29. The normalized spacial score (nSPS) is 26.5. The van der Waals surface area contributed by atoms with Crippen molar-refractivity contribution in [3.8, 4) is 12.3 Å². The van der Waals surface area contributed by atoms with Crippen LogP contribution in [0.3, 0.4) is 0 Å². The molecule has 1 heterocycles. The van der Waals surface area contributed by atoms with Gasteiger partial charge in [-0.25, -0.2) is 4.79 Å². The molecule has 88 valence electrons.